The highest BCUT2D eigenvalue weighted by molar-refractivity contribution is 5.35. The summed E-state index contributed by atoms with van der Waals surface area (Å²) in [5.74, 6) is 4.00. The molecule has 1 saturated carbocycles. The van der Waals surface area contributed by atoms with Crippen LogP contribution in [0.4, 0.5) is 0 Å². The predicted octanol–water partition coefficient (Wildman–Crippen LogP) is 4.66. The first-order chi connectivity index (χ1) is 7.34. The Labute approximate surface area is 95.2 Å². The lowest BCUT2D eigenvalue weighted by molar-refractivity contribution is 0.553. The zero-order chi connectivity index (χ0) is 10.9. The third-order valence-corrected chi connectivity index (χ3v) is 3.26. The van der Waals surface area contributed by atoms with Crippen molar-refractivity contribution in [3.05, 3.63) is 18.1 Å². The topological polar surface area (TPSA) is 0 Å². The average Bonchev–Trinajstić information content (AvgIpc) is 2.23. The second-order valence-corrected chi connectivity index (χ2v) is 4.55. The lowest BCUT2D eigenvalue weighted by Crippen LogP contribution is -1.99. The maximum absolute atomic E-state index is 5.53. The minimum absolute atomic E-state index is 1.08. The summed E-state index contributed by atoms with van der Waals surface area (Å²) in [5.41, 5.74) is 1.22. The van der Waals surface area contributed by atoms with E-state index in [4.69, 9.17) is 6.42 Å². The van der Waals surface area contributed by atoms with Crippen molar-refractivity contribution in [2.75, 3.05) is 0 Å². The Balaban J connectivity index is 2.38. The summed E-state index contributed by atoms with van der Waals surface area (Å²) in [4.78, 5) is 0. The molecular formula is C15H23. The number of allylic oxidation sites excluding steroid dienone is 1. The Bertz CT molecular complexity index is 219. The summed E-state index contributed by atoms with van der Waals surface area (Å²) in [7, 11) is 0. The van der Waals surface area contributed by atoms with Crippen molar-refractivity contribution in [1.82, 2.24) is 0 Å². The van der Waals surface area contributed by atoms with E-state index >= 15 is 0 Å². The van der Waals surface area contributed by atoms with Crippen LogP contribution in [0.15, 0.2) is 12.2 Å². The normalized spacial score (nSPS) is 22.5. The molecule has 0 unspecified atom stereocenters. The van der Waals surface area contributed by atoms with E-state index < -0.39 is 0 Å². The molecule has 1 aliphatic rings. The van der Waals surface area contributed by atoms with Crippen LogP contribution in [0.3, 0.4) is 0 Å². The van der Waals surface area contributed by atoms with Gasteiger partial charge in [0, 0.05) is 0 Å². The van der Waals surface area contributed by atoms with Gasteiger partial charge in [0.15, 0.2) is 0 Å². The lowest BCUT2D eigenvalue weighted by Gasteiger charge is -2.14. The van der Waals surface area contributed by atoms with Crippen LogP contribution < -0.4 is 0 Å². The fourth-order valence-corrected chi connectivity index (χ4v) is 2.20. The van der Waals surface area contributed by atoms with Crippen LogP contribution in [0.25, 0.3) is 0 Å². The molecule has 0 aromatic carbocycles. The maximum atomic E-state index is 5.53. The molecule has 83 valence electrons. The van der Waals surface area contributed by atoms with Crippen molar-refractivity contribution in [3.63, 3.8) is 0 Å². The van der Waals surface area contributed by atoms with E-state index in [1.54, 1.807) is 0 Å². The standard InChI is InChI=1S/C15H23/c1-3-15-13-11-9-7-5-4-6-8-10-12-14(15)2/h1H,2,4-13H2. The van der Waals surface area contributed by atoms with Gasteiger partial charge < -0.3 is 0 Å². The van der Waals surface area contributed by atoms with Gasteiger partial charge in [-0.05, 0) is 19.3 Å². The quantitative estimate of drug-likeness (QED) is 0.502. The van der Waals surface area contributed by atoms with Gasteiger partial charge in [-0.1, -0.05) is 63.0 Å². The molecule has 1 radical (unpaired) electrons. The van der Waals surface area contributed by atoms with Gasteiger partial charge in [0.05, 0.1) is 5.92 Å². The van der Waals surface area contributed by atoms with E-state index in [2.05, 4.69) is 12.5 Å². The minimum atomic E-state index is 1.08. The van der Waals surface area contributed by atoms with E-state index in [9.17, 15) is 0 Å². The second kappa shape index (κ2) is 7.57. The lowest BCUT2D eigenvalue weighted by atomic mass is 9.90. The molecule has 1 aliphatic carbocycles. The molecule has 0 N–H and O–H groups in total. The summed E-state index contributed by atoms with van der Waals surface area (Å²) in [5, 5.41) is 0. The number of terminal acetylenes is 1. The number of rotatable bonds is 0. The van der Waals surface area contributed by atoms with Gasteiger partial charge in [-0.25, -0.2) is 0 Å². The van der Waals surface area contributed by atoms with Gasteiger partial charge in [0.2, 0.25) is 0 Å². The van der Waals surface area contributed by atoms with Crippen molar-refractivity contribution in [2.45, 2.75) is 64.2 Å². The van der Waals surface area contributed by atoms with E-state index in [-0.39, 0.29) is 0 Å². The number of hydrogen-bond acceptors (Lipinski definition) is 0. The van der Waals surface area contributed by atoms with Gasteiger partial charge in [-0.2, -0.15) is 0 Å². The molecule has 0 heteroatoms. The molecule has 1 fully saturated rings. The first-order valence-electron chi connectivity index (χ1n) is 6.35. The third-order valence-electron chi connectivity index (χ3n) is 3.26. The van der Waals surface area contributed by atoms with E-state index in [0.717, 1.165) is 12.8 Å². The molecule has 0 atom stereocenters. The van der Waals surface area contributed by atoms with Crippen LogP contribution in [-0.4, -0.2) is 0 Å². The molecular weight excluding hydrogens is 180 g/mol. The highest BCUT2D eigenvalue weighted by Gasteiger charge is 2.10. The maximum Gasteiger partial charge on any atom is 0.0720 e. The van der Waals surface area contributed by atoms with E-state index in [1.807, 2.05) is 0 Å². The molecule has 0 aliphatic heterocycles. The van der Waals surface area contributed by atoms with Crippen molar-refractivity contribution in [3.8, 4) is 12.3 Å². The number of hydrogen-bond donors (Lipinski definition) is 0. The Morgan fingerprint density at radius 2 is 1.27 bits per heavy atom. The Morgan fingerprint density at radius 3 is 1.80 bits per heavy atom. The third kappa shape index (κ3) is 5.07. The fourth-order valence-electron chi connectivity index (χ4n) is 2.20. The highest BCUT2D eigenvalue weighted by atomic mass is 14.1. The van der Waals surface area contributed by atoms with Crippen LogP contribution in [0.1, 0.15) is 64.2 Å². The molecule has 15 heavy (non-hydrogen) atoms. The second-order valence-electron chi connectivity index (χ2n) is 4.55. The summed E-state index contributed by atoms with van der Waals surface area (Å²) in [6.45, 7) is 4.11. The molecule has 0 bridgehead atoms. The van der Waals surface area contributed by atoms with Crippen LogP contribution in [0, 0.1) is 18.3 Å². The van der Waals surface area contributed by atoms with Gasteiger partial charge in [0.1, 0.15) is 0 Å². The van der Waals surface area contributed by atoms with E-state index in [0.29, 0.717) is 0 Å². The summed E-state index contributed by atoms with van der Waals surface area (Å²) in [6, 6.07) is 0. The van der Waals surface area contributed by atoms with Gasteiger partial charge in [-0.15, -0.1) is 6.42 Å². The molecule has 0 heterocycles. The van der Waals surface area contributed by atoms with Crippen LogP contribution in [0.2, 0.25) is 0 Å². The smallest absolute Gasteiger partial charge is 0.0720 e. The van der Waals surface area contributed by atoms with E-state index in [1.165, 1.54) is 62.9 Å². The molecule has 0 amide bonds. The molecule has 0 nitrogen and oxygen atoms in total. The summed E-state index contributed by atoms with van der Waals surface area (Å²) < 4.78 is 0. The predicted molar refractivity (Wildman–Crippen MR) is 67.4 cm³/mol. The highest BCUT2D eigenvalue weighted by Crippen LogP contribution is 2.25. The summed E-state index contributed by atoms with van der Waals surface area (Å²) in [6.07, 6.45) is 18.5. The molecule has 0 saturated heterocycles. The van der Waals surface area contributed by atoms with Crippen LogP contribution in [-0.2, 0) is 0 Å². The van der Waals surface area contributed by atoms with Gasteiger partial charge >= 0.3 is 0 Å². The molecule has 0 spiro atoms. The van der Waals surface area contributed by atoms with Crippen molar-refractivity contribution < 1.29 is 0 Å². The molecule has 0 aromatic rings. The van der Waals surface area contributed by atoms with Gasteiger partial charge in [-0.3, -0.25) is 0 Å². The fraction of sp³-hybridized carbons (Fsp3) is 0.667. The SMILES string of the molecule is C#C[C]1CCCCCCCCCCC1=C. The monoisotopic (exact) mass is 203 g/mol. The summed E-state index contributed by atoms with van der Waals surface area (Å²) >= 11 is 0. The Morgan fingerprint density at radius 1 is 0.800 bits per heavy atom. The van der Waals surface area contributed by atoms with Crippen LogP contribution in [0.5, 0.6) is 0 Å². The Kier molecular flexibility index (Phi) is 6.25. The molecule has 1 rings (SSSR count). The minimum Gasteiger partial charge on any atom is -0.119 e. The Hall–Kier alpha value is -0.700. The zero-order valence-corrected chi connectivity index (χ0v) is 9.86. The first kappa shape index (κ1) is 12.4. The van der Waals surface area contributed by atoms with Crippen molar-refractivity contribution in [2.24, 2.45) is 0 Å². The largest absolute Gasteiger partial charge is 0.119 e. The van der Waals surface area contributed by atoms with Crippen molar-refractivity contribution in [1.29, 1.82) is 0 Å². The first-order valence-corrected chi connectivity index (χ1v) is 6.35. The average molecular weight is 203 g/mol. The zero-order valence-electron chi connectivity index (χ0n) is 9.86. The van der Waals surface area contributed by atoms with Crippen LogP contribution >= 0.6 is 0 Å². The van der Waals surface area contributed by atoms with Gasteiger partial charge in [0.25, 0.3) is 0 Å². The molecule has 0 aromatic heterocycles. The van der Waals surface area contributed by atoms with Crippen molar-refractivity contribution >= 4 is 0 Å².